The van der Waals surface area contributed by atoms with E-state index in [2.05, 4.69) is 74.8 Å². The second kappa shape index (κ2) is 5.79. The Labute approximate surface area is 122 Å². The summed E-state index contributed by atoms with van der Waals surface area (Å²) in [6, 6.07) is 17.2. The number of anilines is 1. The normalized spacial score (nSPS) is 15.5. The van der Waals surface area contributed by atoms with E-state index in [9.17, 15) is 0 Å². The zero-order valence-corrected chi connectivity index (χ0v) is 12.7. The fraction of sp³-hybridized carbons (Fsp3) is 0.250. The molecular weight excluding hydrogens is 299 g/mol. The molecule has 0 saturated carbocycles. The number of nitrogens with one attached hydrogen (secondary N) is 1. The summed E-state index contributed by atoms with van der Waals surface area (Å²) < 4.78 is 1.32. The Balaban J connectivity index is 1.99. The molecule has 3 rings (SSSR count). The van der Waals surface area contributed by atoms with Crippen molar-refractivity contribution in [3.8, 4) is 11.1 Å². The second-order valence-electron chi connectivity index (χ2n) is 4.78. The minimum atomic E-state index is 1.07. The maximum atomic E-state index is 3.40. The van der Waals surface area contributed by atoms with Gasteiger partial charge in [0.25, 0.3) is 0 Å². The Morgan fingerprint density at radius 3 is 2.37 bits per heavy atom. The van der Waals surface area contributed by atoms with E-state index < -0.39 is 0 Å². The summed E-state index contributed by atoms with van der Waals surface area (Å²) in [6.07, 6.45) is 0. The molecule has 2 aromatic rings. The molecule has 0 amide bonds. The summed E-state index contributed by atoms with van der Waals surface area (Å²) >= 11 is 2.75. The Kier molecular flexibility index (Phi) is 3.88. The van der Waals surface area contributed by atoms with Crippen molar-refractivity contribution in [1.29, 1.82) is 0 Å². The van der Waals surface area contributed by atoms with Crippen LogP contribution in [0.3, 0.4) is 0 Å². The van der Waals surface area contributed by atoms with E-state index in [1.165, 1.54) is 21.3 Å². The first-order chi connectivity index (χ1) is 9.36. The number of hydrogen-bond donors (Lipinski definition) is 1. The van der Waals surface area contributed by atoms with Gasteiger partial charge >= 0.3 is 122 Å². The van der Waals surface area contributed by atoms with Gasteiger partial charge in [-0.05, 0) is 0 Å². The van der Waals surface area contributed by atoms with E-state index in [4.69, 9.17) is 0 Å². The summed E-state index contributed by atoms with van der Waals surface area (Å²) in [7, 11) is 0. The van der Waals surface area contributed by atoms with Gasteiger partial charge in [-0.2, -0.15) is 0 Å². The van der Waals surface area contributed by atoms with Crippen molar-refractivity contribution in [3.05, 3.63) is 48.5 Å². The van der Waals surface area contributed by atoms with E-state index in [1.807, 2.05) is 0 Å². The zero-order valence-electron chi connectivity index (χ0n) is 10.8. The van der Waals surface area contributed by atoms with E-state index in [-0.39, 0.29) is 0 Å². The first-order valence-corrected chi connectivity index (χ1v) is 7.63. The van der Waals surface area contributed by atoms with Gasteiger partial charge in [-0.25, -0.2) is 0 Å². The molecule has 1 saturated heterocycles. The van der Waals surface area contributed by atoms with Crippen LogP contribution in [-0.2, 0) is 0 Å². The van der Waals surface area contributed by atoms with Crippen molar-refractivity contribution in [2.45, 2.75) is 0 Å². The molecule has 0 bridgehead atoms. The monoisotopic (exact) mass is 318 g/mol. The number of rotatable bonds is 2. The molecule has 0 aromatic heterocycles. The van der Waals surface area contributed by atoms with Crippen LogP contribution in [0.15, 0.2) is 48.5 Å². The number of benzene rings is 2. The summed E-state index contributed by atoms with van der Waals surface area (Å²) in [5.74, 6) is 0. The Morgan fingerprint density at radius 1 is 0.895 bits per heavy atom. The molecule has 1 heterocycles. The van der Waals surface area contributed by atoms with E-state index in [0.29, 0.717) is 0 Å². The average Bonchev–Trinajstić information content (AvgIpc) is 2.49. The molecule has 2 nitrogen and oxygen atoms in total. The Morgan fingerprint density at radius 2 is 1.63 bits per heavy atom. The molecule has 0 spiro atoms. The van der Waals surface area contributed by atoms with Crippen LogP contribution in [0.2, 0.25) is 0 Å². The van der Waals surface area contributed by atoms with Gasteiger partial charge in [-0.3, -0.25) is 0 Å². The number of nitrogens with zero attached hydrogens (tertiary/aromatic N) is 1. The topological polar surface area (TPSA) is 15.3 Å². The molecule has 2 aromatic carbocycles. The van der Waals surface area contributed by atoms with Crippen molar-refractivity contribution in [1.82, 2.24) is 5.32 Å². The molecule has 0 aliphatic carbocycles. The summed E-state index contributed by atoms with van der Waals surface area (Å²) in [5.41, 5.74) is 3.95. The van der Waals surface area contributed by atoms with Gasteiger partial charge in [0.1, 0.15) is 0 Å². The SMILES string of the molecule is [SeH]c1c(-c2ccccc2)cccc1N1CCNCC1. The molecule has 1 N–H and O–H groups in total. The van der Waals surface area contributed by atoms with Gasteiger partial charge in [0, 0.05) is 0 Å². The Hall–Kier alpha value is -1.28. The van der Waals surface area contributed by atoms with Crippen LogP contribution in [-0.4, -0.2) is 42.2 Å². The molecule has 98 valence electrons. The molecule has 0 radical (unpaired) electrons. The first-order valence-electron chi connectivity index (χ1n) is 6.69. The van der Waals surface area contributed by atoms with Gasteiger partial charge in [-0.15, -0.1) is 0 Å². The molecule has 1 fully saturated rings. The van der Waals surface area contributed by atoms with E-state index in [0.717, 1.165) is 26.2 Å². The van der Waals surface area contributed by atoms with Crippen molar-refractivity contribution in [2.24, 2.45) is 0 Å². The van der Waals surface area contributed by atoms with Gasteiger partial charge in [-0.1, -0.05) is 0 Å². The summed E-state index contributed by atoms with van der Waals surface area (Å²) in [4.78, 5) is 2.47. The fourth-order valence-electron chi connectivity index (χ4n) is 2.54. The third-order valence-corrected chi connectivity index (χ3v) is 4.54. The third kappa shape index (κ3) is 2.69. The third-order valence-electron chi connectivity index (χ3n) is 3.56. The van der Waals surface area contributed by atoms with Crippen LogP contribution in [0.25, 0.3) is 11.1 Å². The van der Waals surface area contributed by atoms with Crippen molar-refractivity contribution < 1.29 is 0 Å². The van der Waals surface area contributed by atoms with Crippen LogP contribution in [0, 0.1) is 0 Å². The van der Waals surface area contributed by atoms with Gasteiger partial charge < -0.3 is 0 Å². The van der Waals surface area contributed by atoms with Crippen molar-refractivity contribution in [2.75, 3.05) is 31.1 Å². The fourth-order valence-corrected chi connectivity index (χ4v) is 3.42. The maximum absolute atomic E-state index is 3.40. The molecule has 0 atom stereocenters. The predicted octanol–water partition coefficient (Wildman–Crippen LogP) is 1.29. The quantitative estimate of drug-likeness (QED) is 0.840. The average molecular weight is 317 g/mol. The molecule has 3 heteroatoms. The summed E-state index contributed by atoms with van der Waals surface area (Å²) in [5, 5.41) is 3.40. The molecule has 0 unspecified atom stereocenters. The van der Waals surface area contributed by atoms with Crippen LogP contribution in [0.5, 0.6) is 0 Å². The van der Waals surface area contributed by atoms with Gasteiger partial charge in [0.2, 0.25) is 0 Å². The zero-order chi connectivity index (χ0) is 13.1. The van der Waals surface area contributed by atoms with Gasteiger partial charge in [0.05, 0.1) is 0 Å². The molecular formula is C16H18N2Se. The first kappa shape index (κ1) is 12.7. The van der Waals surface area contributed by atoms with Crippen LogP contribution < -0.4 is 14.7 Å². The number of piperazine rings is 1. The Bertz CT molecular complexity index is 548. The van der Waals surface area contributed by atoms with Crippen LogP contribution >= 0.6 is 0 Å². The van der Waals surface area contributed by atoms with E-state index in [1.54, 1.807) is 0 Å². The van der Waals surface area contributed by atoms with Crippen LogP contribution in [0.1, 0.15) is 0 Å². The summed E-state index contributed by atoms with van der Waals surface area (Å²) in [6.45, 7) is 4.32. The van der Waals surface area contributed by atoms with Crippen molar-refractivity contribution >= 4 is 26.2 Å². The van der Waals surface area contributed by atoms with E-state index >= 15 is 0 Å². The number of hydrogen-bond acceptors (Lipinski definition) is 2. The van der Waals surface area contributed by atoms with Crippen LogP contribution in [0.4, 0.5) is 5.69 Å². The van der Waals surface area contributed by atoms with Gasteiger partial charge in [0.15, 0.2) is 0 Å². The minimum absolute atomic E-state index is 1.07. The molecule has 19 heavy (non-hydrogen) atoms. The second-order valence-corrected chi connectivity index (χ2v) is 5.71. The molecule has 1 aliphatic rings. The molecule has 1 aliphatic heterocycles. The standard InChI is InChI=1S/C16H18N2Se/c19-16-14(13-5-2-1-3-6-13)7-4-8-15(16)18-11-9-17-10-12-18/h1-8,17,19H,9-12H2. The van der Waals surface area contributed by atoms with Crippen molar-refractivity contribution in [3.63, 3.8) is 0 Å². The predicted molar refractivity (Wildman–Crippen MR) is 83.7 cm³/mol.